The molecule has 0 saturated carbocycles. The van der Waals surface area contributed by atoms with Gasteiger partial charge in [-0.25, -0.2) is 4.98 Å². The molecule has 1 unspecified atom stereocenters. The van der Waals surface area contributed by atoms with Gasteiger partial charge >= 0.3 is 5.97 Å². The molecule has 0 aliphatic heterocycles. The Hall–Kier alpha value is -1.60. The van der Waals surface area contributed by atoms with Crippen LogP contribution in [0.15, 0.2) is 18.2 Å². The van der Waals surface area contributed by atoms with Crippen molar-refractivity contribution in [3.8, 4) is 0 Å². The summed E-state index contributed by atoms with van der Waals surface area (Å²) in [4.78, 5) is 26.5. The Balaban J connectivity index is 2.42. The number of carboxylic acids is 1. The Labute approximate surface area is 119 Å². The van der Waals surface area contributed by atoms with Crippen molar-refractivity contribution in [1.82, 2.24) is 4.98 Å². The summed E-state index contributed by atoms with van der Waals surface area (Å²) in [5, 5.41) is 11.9. The number of hydrogen-bond donors (Lipinski definition) is 3. The molecule has 0 fully saturated rings. The molecule has 1 atom stereocenters. The van der Waals surface area contributed by atoms with Gasteiger partial charge in [0.05, 0.1) is 22.6 Å². The molecule has 1 heterocycles. The molecule has 0 spiro atoms. The molecule has 0 aliphatic carbocycles. The van der Waals surface area contributed by atoms with E-state index in [1.165, 1.54) is 11.3 Å². The smallest absolute Gasteiger partial charge is 0.304 e. The van der Waals surface area contributed by atoms with Crippen molar-refractivity contribution >= 4 is 51.0 Å². The summed E-state index contributed by atoms with van der Waals surface area (Å²) in [6.07, 6.45) is -0.291. The highest BCUT2D eigenvalue weighted by Crippen LogP contribution is 2.32. The van der Waals surface area contributed by atoms with Crippen LogP contribution >= 0.6 is 24.0 Å². The third-order valence-electron chi connectivity index (χ3n) is 2.67. The van der Waals surface area contributed by atoms with E-state index < -0.39 is 17.0 Å². The molecule has 100 valence electrons. The predicted molar refractivity (Wildman–Crippen MR) is 78.2 cm³/mol. The quantitative estimate of drug-likeness (QED) is 0.738. The molecule has 2 aromatic rings. The fourth-order valence-corrected chi connectivity index (χ4v) is 3.11. The van der Waals surface area contributed by atoms with Gasteiger partial charge < -0.3 is 10.4 Å². The number of rotatable bonds is 5. The summed E-state index contributed by atoms with van der Waals surface area (Å²) in [5.74, 6) is -1.83. The number of hydrogen-bond acceptors (Lipinski definition) is 5. The minimum Gasteiger partial charge on any atom is -0.481 e. The average molecular weight is 296 g/mol. The lowest BCUT2D eigenvalue weighted by Crippen LogP contribution is -2.11. The molecule has 2 rings (SSSR count). The number of aliphatic carboxylic acids is 1. The Morgan fingerprint density at radius 3 is 2.84 bits per heavy atom. The van der Waals surface area contributed by atoms with E-state index in [-0.39, 0.29) is 6.42 Å². The number of carbonyl (C=O) groups excluding carboxylic acids is 1. The van der Waals surface area contributed by atoms with E-state index in [1.807, 2.05) is 25.2 Å². The van der Waals surface area contributed by atoms with Crippen LogP contribution in [0, 0.1) is 0 Å². The van der Waals surface area contributed by atoms with Gasteiger partial charge in [-0.1, -0.05) is 0 Å². The monoisotopic (exact) mass is 296 g/mol. The predicted octanol–water partition coefficient (Wildman–Crippen LogP) is 2.35. The third kappa shape index (κ3) is 3.05. The molecule has 0 radical (unpaired) electrons. The molecule has 0 aliphatic rings. The van der Waals surface area contributed by atoms with Gasteiger partial charge in [0, 0.05) is 12.7 Å². The highest BCUT2D eigenvalue weighted by atomic mass is 32.1. The third-order valence-corrected chi connectivity index (χ3v) is 4.11. The number of aromatic nitrogens is 1. The summed E-state index contributed by atoms with van der Waals surface area (Å²) in [7, 11) is 1.81. The number of anilines is 1. The van der Waals surface area contributed by atoms with Crippen LogP contribution in [-0.2, 0) is 9.59 Å². The van der Waals surface area contributed by atoms with Crippen LogP contribution in [0.2, 0.25) is 0 Å². The first-order valence-electron chi connectivity index (χ1n) is 5.54. The topological polar surface area (TPSA) is 79.3 Å². The van der Waals surface area contributed by atoms with Crippen molar-refractivity contribution in [3.63, 3.8) is 0 Å². The van der Waals surface area contributed by atoms with E-state index in [0.717, 1.165) is 15.9 Å². The summed E-state index contributed by atoms with van der Waals surface area (Å²) < 4.78 is 0.909. The Bertz CT molecular complexity index is 639. The number of nitrogens with one attached hydrogen (secondary N) is 1. The van der Waals surface area contributed by atoms with Crippen molar-refractivity contribution in [2.75, 3.05) is 12.4 Å². The number of benzene rings is 1. The second kappa shape index (κ2) is 5.58. The van der Waals surface area contributed by atoms with Gasteiger partial charge in [0.2, 0.25) is 0 Å². The molecule has 0 bridgehead atoms. The van der Waals surface area contributed by atoms with E-state index in [0.29, 0.717) is 5.01 Å². The first-order chi connectivity index (χ1) is 9.01. The van der Waals surface area contributed by atoms with Crippen molar-refractivity contribution < 1.29 is 14.7 Å². The minimum atomic E-state index is -1.04. The first-order valence-corrected chi connectivity index (χ1v) is 6.80. The van der Waals surface area contributed by atoms with Crippen LogP contribution in [0.3, 0.4) is 0 Å². The Kier molecular flexibility index (Phi) is 4.06. The van der Waals surface area contributed by atoms with Gasteiger partial charge in [0.15, 0.2) is 5.12 Å². The molecule has 5 nitrogen and oxygen atoms in total. The zero-order valence-electron chi connectivity index (χ0n) is 10.1. The van der Waals surface area contributed by atoms with Crippen LogP contribution in [0.4, 0.5) is 5.69 Å². The molecular weight excluding hydrogens is 284 g/mol. The van der Waals surface area contributed by atoms with Gasteiger partial charge in [0.25, 0.3) is 0 Å². The highest BCUT2D eigenvalue weighted by molar-refractivity contribution is 7.96. The summed E-state index contributed by atoms with van der Waals surface area (Å²) in [6, 6.07) is 5.62. The normalized spacial score (nSPS) is 12.3. The van der Waals surface area contributed by atoms with Gasteiger partial charge in [-0.15, -0.1) is 24.0 Å². The van der Waals surface area contributed by atoms with Crippen molar-refractivity contribution in [1.29, 1.82) is 0 Å². The van der Waals surface area contributed by atoms with E-state index in [1.54, 1.807) is 0 Å². The number of carbonyl (C=O) groups is 2. The molecular formula is C12H12N2O3S2. The summed E-state index contributed by atoms with van der Waals surface area (Å²) >= 11 is 5.07. The number of carboxylic acid groups (broad SMARTS) is 1. The van der Waals surface area contributed by atoms with Crippen LogP contribution < -0.4 is 5.32 Å². The summed E-state index contributed by atoms with van der Waals surface area (Å²) in [5.41, 5.74) is 1.69. The average Bonchev–Trinajstić information content (AvgIpc) is 2.77. The molecule has 1 aromatic heterocycles. The lowest BCUT2D eigenvalue weighted by molar-refractivity contribution is -0.138. The molecule has 0 amide bonds. The fraction of sp³-hybridized carbons (Fsp3) is 0.250. The zero-order valence-corrected chi connectivity index (χ0v) is 11.8. The largest absolute Gasteiger partial charge is 0.481 e. The maximum absolute atomic E-state index is 11.4. The molecule has 0 saturated heterocycles. The van der Waals surface area contributed by atoms with E-state index >= 15 is 0 Å². The standard InChI is InChI=1S/C12H12N2O3S2/c1-13-6-2-3-8-9(4-6)19-11(14-8)7(12(17)18)5-10(15)16/h2-4,7,13H,5H2,1H3,(H,15,16)(H,17,18). The zero-order chi connectivity index (χ0) is 14.0. The number of thiazole rings is 1. The molecule has 1 aromatic carbocycles. The van der Waals surface area contributed by atoms with Crippen LogP contribution in [-0.4, -0.2) is 28.2 Å². The SMILES string of the molecule is CNc1ccc2nc(C(CC(=O)O)C(=O)S)sc2c1. The van der Waals surface area contributed by atoms with Crippen molar-refractivity contribution in [2.24, 2.45) is 0 Å². The second-order valence-corrected chi connectivity index (χ2v) is 5.48. The van der Waals surface area contributed by atoms with Crippen LogP contribution in [0.5, 0.6) is 0 Å². The maximum Gasteiger partial charge on any atom is 0.304 e. The number of nitrogens with zero attached hydrogens (tertiary/aromatic N) is 1. The van der Waals surface area contributed by atoms with E-state index in [9.17, 15) is 9.59 Å². The van der Waals surface area contributed by atoms with Gasteiger partial charge in [-0.2, -0.15) is 0 Å². The maximum atomic E-state index is 11.4. The van der Waals surface area contributed by atoms with Crippen LogP contribution in [0.25, 0.3) is 10.2 Å². The summed E-state index contributed by atoms with van der Waals surface area (Å²) in [6.45, 7) is 0. The molecule has 19 heavy (non-hydrogen) atoms. The van der Waals surface area contributed by atoms with Crippen LogP contribution in [0.1, 0.15) is 17.3 Å². The van der Waals surface area contributed by atoms with Gasteiger partial charge in [-0.3, -0.25) is 9.59 Å². The van der Waals surface area contributed by atoms with Gasteiger partial charge in [-0.05, 0) is 18.2 Å². The van der Waals surface area contributed by atoms with E-state index in [2.05, 4.69) is 22.9 Å². The van der Waals surface area contributed by atoms with Crippen molar-refractivity contribution in [3.05, 3.63) is 23.2 Å². The Morgan fingerprint density at radius 1 is 1.53 bits per heavy atom. The minimum absolute atomic E-state index is 0.291. The lowest BCUT2D eigenvalue weighted by Gasteiger charge is -2.05. The Morgan fingerprint density at radius 2 is 2.26 bits per heavy atom. The number of thiol groups is 1. The lowest BCUT2D eigenvalue weighted by atomic mass is 10.1. The fourth-order valence-electron chi connectivity index (χ4n) is 1.70. The highest BCUT2D eigenvalue weighted by Gasteiger charge is 2.24. The van der Waals surface area contributed by atoms with Gasteiger partial charge in [0.1, 0.15) is 5.01 Å². The molecule has 7 heteroatoms. The van der Waals surface area contributed by atoms with Crippen molar-refractivity contribution in [2.45, 2.75) is 12.3 Å². The number of fused-ring (bicyclic) bond motifs is 1. The first kappa shape index (κ1) is 13.8. The molecule has 2 N–H and O–H groups in total. The van der Waals surface area contributed by atoms with E-state index in [4.69, 9.17) is 5.11 Å². The second-order valence-electron chi connectivity index (χ2n) is 3.97.